The monoisotopic (exact) mass is 366 g/mol. The molecule has 0 radical (unpaired) electrons. The van der Waals surface area contributed by atoms with Crippen LogP contribution in [0.15, 0.2) is 47.4 Å². The van der Waals surface area contributed by atoms with E-state index >= 15 is 0 Å². The second-order valence-electron chi connectivity index (χ2n) is 5.12. The molecule has 0 saturated heterocycles. The maximum Gasteiger partial charge on any atom is 0.340 e. The van der Waals surface area contributed by atoms with Crippen molar-refractivity contribution in [3.63, 3.8) is 0 Å². The Hall–Kier alpha value is -2.94. The second kappa shape index (κ2) is 7.31. The Labute approximate surface area is 143 Å². The van der Waals surface area contributed by atoms with E-state index in [-0.39, 0.29) is 21.8 Å². The van der Waals surface area contributed by atoms with Gasteiger partial charge in [0, 0.05) is 11.9 Å². The molecule has 0 atom stereocenters. The van der Waals surface area contributed by atoms with Gasteiger partial charge in [0.2, 0.25) is 0 Å². The Balaban J connectivity index is 2.03. The molecule has 0 aliphatic rings. The number of nitrogens with two attached hydrogens (primary N) is 1. The number of nitrogen functional groups attached to an aromatic ring is 1. The summed E-state index contributed by atoms with van der Waals surface area (Å²) in [6, 6.07) is 8.96. The van der Waals surface area contributed by atoms with Gasteiger partial charge in [0.1, 0.15) is 5.82 Å². The van der Waals surface area contributed by atoms with Crippen LogP contribution in [0.4, 0.5) is 15.8 Å². The van der Waals surface area contributed by atoms with Crippen molar-refractivity contribution in [3.8, 4) is 0 Å². The third kappa shape index (κ3) is 4.77. The van der Waals surface area contributed by atoms with E-state index in [1.807, 2.05) is 0 Å². The summed E-state index contributed by atoms with van der Waals surface area (Å²) in [5, 5.41) is 2.36. The number of hydrogen-bond donors (Lipinski definition) is 2. The van der Waals surface area contributed by atoms with Crippen LogP contribution in [0.2, 0.25) is 0 Å². The molecular formula is C16H15FN2O5S. The van der Waals surface area contributed by atoms with Crippen molar-refractivity contribution in [2.24, 2.45) is 0 Å². The molecule has 2 aromatic rings. The van der Waals surface area contributed by atoms with E-state index in [0.717, 1.165) is 24.5 Å². The van der Waals surface area contributed by atoms with Gasteiger partial charge in [-0.3, -0.25) is 4.79 Å². The normalized spacial score (nSPS) is 11.0. The van der Waals surface area contributed by atoms with Crippen LogP contribution in [0, 0.1) is 5.82 Å². The van der Waals surface area contributed by atoms with E-state index < -0.39 is 34.1 Å². The Morgan fingerprint density at radius 2 is 1.88 bits per heavy atom. The van der Waals surface area contributed by atoms with E-state index in [1.165, 1.54) is 18.2 Å². The van der Waals surface area contributed by atoms with Gasteiger partial charge in [0.15, 0.2) is 16.4 Å². The van der Waals surface area contributed by atoms with Crippen LogP contribution in [0.1, 0.15) is 10.4 Å². The number of para-hydroxylation sites is 1. The highest BCUT2D eigenvalue weighted by Gasteiger charge is 2.17. The first-order valence-electron chi connectivity index (χ1n) is 6.99. The lowest BCUT2D eigenvalue weighted by atomic mass is 10.2. The number of anilines is 2. The molecular weight excluding hydrogens is 351 g/mol. The zero-order valence-corrected chi connectivity index (χ0v) is 14.0. The standard InChI is InChI=1S/C16H15FN2O5S/c1-25(22,23)14-5-3-2-4-13(14)19-15(20)9-24-16(21)11-7-6-10(17)8-12(11)18/h2-8H,9,18H2,1H3,(H,19,20). The van der Waals surface area contributed by atoms with Crippen LogP contribution in [0.5, 0.6) is 0 Å². The summed E-state index contributed by atoms with van der Waals surface area (Å²) >= 11 is 0. The predicted octanol–water partition coefficient (Wildman–Crippen LogP) is 1.61. The maximum absolute atomic E-state index is 13.0. The van der Waals surface area contributed by atoms with Crippen molar-refractivity contribution in [2.75, 3.05) is 23.9 Å². The molecule has 2 rings (SSSR count). The van der Waals surface area contributed by atoms with Crippen molar-refractivity contribution in [3.05, 3.63) is 53.8 Å². The molecule has 0 saturated carbocycles. The minimum atomic E-state index is -3.54. The molecule has 0 aliphatic carbocycles. The summed E-state index contributed by atoms with van der Waals surface area (Å²) in [7, 11) is -3.54. The van der Waals surface area contributed by atoms with Crippen molar-refractivity contribution >= 4 is 33.1 Å². The lowest BCUT2D eigenvalue weighted by Gasteiger charge is -2.10. The number of rotatable bonds is 5. The lowest BCUT2D eigenvalue weighted by molar-refractivity contribution is -0.119. The smallest absolute Gasteiger partial charge is 0.340 e. The highest BCUT2D eigenvalue weighted by molar-refractivity contribution is 7.90. The Morgan fingerprint density at radius 3 is 2.52 bits per heavy atom. The zero-order valence-electron chi connectivity index (χ0n) is 13.2. The van der Waals surface area contributed by atoms with Gasteiger partial charge in [0.05, 0.1) is 16.1 Å². The maximum atomic E-state index is 13.0. The molecule has 0 aromatic heterocycles. The van der Waals surface area contributed by atoms with Gasteiger partial charge in [-0.2, -0.15) is 0 Å². The number of nitrogens with one attached hydrogen (secondary N) is 1. The highest BCUT2D eigenvalue weighted by atomic mass is 32.2. The van der Waals surface area contributed by atoms with Crippen molar-refractivity contribution in [1.29, 1.82) is 0 Å². The molecule has 0 aliphatic heterocycles. The van der Waals surface area contributed by atoms with E-state index in [4.69, 9.17) is 10.5 Å². The van der Waals surface area contributed by atoms with E-state index in [0.29, 0.717) is 0 Å². The van der Waals surface area contributed by atoms with Crippen molar-refractivity contribution < 1.29 is 27.1 Å². The fourth-order valence-electron chi connectivity index (χ4n) is 2.01. The van der Waals surface area contributed by atoms with E-state index in [9.17, 15) is 22.4 Å². The summed E-state index contributed by atoms with van der Waals surface area (Å²) in [5.41, 5.74) is 5.39. The molecule has 9 heteroatoms. The predicted molar refractivity (Wildman–Crippen MR) is 89.3 cm³/mol. The summed E-state index contributed by atoms with van der Waals surface area (Å²) in [5.74, 6) is -2.24. The van der Waals surface area contributed by atoms with Crippen LogP contribution in [0.25, 0.3) is 0 Å². The molecule has 0 heterocycles. The molecule has 7 nitrogen and oxygen atoms in total. The summed E-state index contributed by atoms with van der Waals surface area (Å²) in [6.07, 6.45) is 1.01. The van der Waals surface area contributed by atoms with Crippen LogP contribution < -0.4 is 11.1 Å². The average molecular weight is 366 g/mol. The Kier molecular flexibility index (Phi) is 5.38. The fourth-order valence-corrected chi connectivity index (χ4v) is 2.85. The van der Waals surface area contributed by atoms with Gasteiger partial charge in [0.25, 0.3) is 5.91 Å². The average Bonchev–Trinajstić information content (AvgIpc) is 2.52. The Bertz CT molecular complexity index is 928. The van der Waals surface area contributed by atoms with E-state index in [1.54, 1.807) is 6.07 Å². The summed E-state index contributed by atoms with van der Waals surface area (Å²) in [4.78, 5) is 23.7. The van der Waals surface area contributed by atoms with Crippen molar-refractivity contribution in [1.82, 2.24) is 0 Å². The molecule has 3 N–H and O–H groups in total. The number of carbonyl (C=O) groups excluding carboxylic acids is 2. The van der Waals surface area contributed by atoms with Crippen LogP contribution in [-0.4, -0.2) is 33.2 Å². The van der Waals surface area contributed by atoms with Gasteiger partial charge < -0.3 is 15.8 Å². The number of amides is 1. The first-order valence-corrected chi connectivity index (χ1v) is 8.88. The zero-order chi connectivity index (χ0) is 18.6. The second-order valence-corrected chi connectivity index (χ2v) is 7.11. The summed E-state index contributed by atoms with van der Waals surface area (Å²) < 4.78 is 41.1. The van der Waals surface area contributed by atoms with E-state index in [2.05, 4.69) is 5.32 Å². The third-order valence-corrected chi connectivity index (χ3v) is 4.28. The molecule has 0 fully saturated rings. The number of hydrogen-bond acceptors (Lipinski definition) is 6. The number of benzene rings is 2. The molecule has 0 unspecified atom stereocenters. The highest BCUT2D eigenvalue weighted by Crippen LogP contribution is 2.20. The lowest BCUT2D eigenvalue weighted by Crippen LogP contribution is -2.22. The third-order valence-electron chi connectivity index (χ3n) is 3.13. The van der Waals surface area contributed by atoms with Gasteiger partial charge in [-0.25, -0.2) is 17.6 Å². The molecule has 1 amide bonds. The number of halogens is 1. The Morgan fingerprint density at radius 1 is 1.20 bits per heavy atom. The molecule has 0 bridgehead atoms. The van der Waals surface area contributed by atoms with Gasteiger partial charge in [-0.05, 0) is 30.3 Å². The van der Waals surface area contributed by atoms with Crippen LogP contribution in [0.3, 0.4) is 0 Å². The molecule has 132 valence electrons. The number of sulfone groups is 1. The van der Waals surface area contributed by atoms with Gasteiger partial charge >= 0.3 is 5.97 Å². The first-order chi connectivity index (χ1) is 11.7. The van der Waals surface area contributed by atoms with Crippen molar-refractivity contribution in [2.45, 2.75) is 4.90 Å². The number of carbonyl (C=O) groups is 2. The van der Waals surface area contributed by atoms with Gasteiger partial charge in [-0.1, -0.05) is 12.1 Å². The first kappa shape index (κ1) is 18.4. The SMILES string of the molecule is CS(=O)(=O)c1ccccc1NC(=O)COC(=O)c1ccc(F)cc1N. The molecule has 2 aromatic carbocycles. The minimum Gasteiger partial charge on any atom is -0.452 e. The van der Waals surface area contributed by atoms with Crippen LogP contribution >= 0.6 is 0 Å². The topological polar surface area (TPSA) is 116 Å². The quantitative estimate of drug-likeness (QED) is 0.613. The molecule has 0 spiro atoms. The fraction of sp³-hybridized carbons (Fsp3) is 0.125. The number of ether oxygens (including phenoxy) is 1. The van der Waals surface area contributed by atoms with Gasteiger partial charge in [-0.15, -0.1) is 0 Å². The number of esters is 1. The summed E-state index contributed by atoms with van der Waals surface area (Å²) in [6.45, 7) is -0.659. The minimum absolute atomic E-state index is 0.0579. The van der Waals surface area contributed by atoms with Crippen LogP contribution in [-0.2, 0) is 19.4 Å². The largest absolute Gasteiger partial charge is 0.452 e. The molecule has 25 heavy (non-hydrogen) atoms.